The lowest BCUT2D eigenvalue weighted by Gasteiger charge is -2.38. The third kappa shape index (κ3) is 3.70. The fraction of sp³-hybridized carbons (Fsp3) is 0.667. The SMILES string of the molecule is CC(C)(C)[Si](C)(C)Oc1ccccc1[C@@H]1CCCC[C@H]1O. The predicted octanol–water partition coefficient (Wildman–Crippen LogP) is 5.09. The summed E-state index contributed by atoms with van der Waals surface area (Å²) in [6, 6.07) is 8.33. The molecule has 1 saturated carbocycles. The van der Waals surface area contributed by atoms with Crippen LogP contribution >= 0.6 is 0 Å². The maximum Gasteiger partial charge on any atom is 0.250 e. The molecule has 0 bridgehead atoms. The highest BCUT2D eigenvalue weighted by Gasteiger charge is 2.40. The highest BCUT2D eigenvalue weighted by Crippen LogP contribution is 2.42. The first-order chi connectivity index (χ1) is 9.72. The van der Waals surface area contributed by atoms with Crippen molar-refractivity contribution in [2.75, 3.05) is 0 Å². The van der Waals surface area contributed by atoms with E-state index in [-0.39, 0.29) is 17.1 Å². The summed E-state index contributed by atoms with van der Waals surface area (Å²) in [6.07, 6.45) is 4.11. The molecule has 1 aliphatic rings. The lowest BCUT2D eigenvalue weighted by atomic mass is 9.81. The summed E-state index contributed by atoms with van der Waals surface area (Å²) in [6.45, 7) is 11.3. The number of benzene rings is 1. The van der Waals surface area contributed by atoms with E-state index in [1.54, 1.807) is 0 Å². The van der Waals surface area contributed by atoms with E-state index in [1.807, 2.05) is 6.07 Å². The van der Waals surface area contributed by atoms with Gasteiger partial charge < -0.3 is 9.53 Å². The molecule has 0 aliphatic heterocycles. The quantitative estimate of drug-likeness (QED) is 0.788. The zero-order valence-corrected chi connectivity index (χ0v) is 15.1. The minimum absolute atomic E-state index is 0.186. The van der Waals surface area contributed by atoms with Gasteiger partial charge in [-0.3, -0.25) is 0 Å². The molecule has 0 saturated heterocycles. The molecular weight excluding hydrogens is 276 g/mol. The zero-order chi connectivity index (χ0) is 15.7. The first kappa shape index (κ1) is 16.6. The second kappa shape index (κ2) is 6.13. The molecule has 118 valence electrons. The van der Waals surface area contributed by atoms with Gasteiger partial charge in [0.15, 0.2) is 0 Å². The lowest BCUT2D eigenvalue weighted by Crippen LogP contribution is -2.44. The predicted molar refractivity (Wildman–Crippen MR) is 91.5 cm³/mol. The van der Waals surface area contributed by atoms with Crippen molar-refractivity contribution in [1.82, 2.24) is 0 Å². The van der Waals surface area contributed by atoms with Crippen molar-refractivity contribution in [3.63, 3.8) is 0 Å². The van der Waals surface area contributed by atoms with Crippen LogP contribution in [0.4, 0.5) is 0 Å². The summed E-state index contributed by atoms with van der Waals surface area (Å²) in [4.78, 5) is 0. The van der Waals surface area contributed by atoms with Crippen molar-refractivity contribution < 1.29 is 9.53 Å². The lowest BCUT2D eigenvalue weighted by molar-refractivity contribution is 0.105. The molecular formula is C18H30O2Si. The number of para-hydroxylation sites is 1. The molecule has 2 nitrogen and oxygen atoms in total. The van der Waals surface area contributed by atoms with Gasteiger partial charge in [-0.2, -0.15) is 0 Å². The van der Waals surface area contributed by atoms with Gasteiger partial charge in [0, 0.05) is 5.92 Å². The van der Waals surface area contributed by atoms with Crippen molar-refractivity contribution in [3.8, 4) is 5.75 Å². The number of hydrogen-bond donors (Lipinski definition) is 1. The molecule has 2 rings (SSSR count). The van der Waals surface area contributed by atoms with E-state index < -0.39 is 8.32 Å². The number of aliphatic hydroxyl groups excluding tert-OH is 1. The van der Waals surface area contributed by atoms with Crippen molar-refractivity contribution in [2.24, 2.45) is 0 Å². The maximum atomic E-state index is 10.4. The van der Waals surface area contributed by atoms with Crippen LogP contribution in [0.5, 0.6) is 5.75 Å². The molecule has 0 aromatic heterocycles. The van der Waals surface area contributed by atoms with Gasteiger partial charge in [-0.15, -0.1) is 0 Å². The van der Waals surface area contributed by atoms with Crippen LogP contribution in [0.3, 0.4) is 0 Å². The average Bonchev–Trinajstić information content (AvgIpc) is 2.38. The van der Waals surface area contributed by atoms with E-state index >= 15 is 0 Å². The minimum atomic E-state index is -1.84. The summed E-state index contributed by atoms with van der Waals surface area (Å²) < 4.78 is 6.53. The summed E-state index contributed by atoms with van der Waals surface area (Å²) >= 11 is 0. The molecule has 1 N–H and O–H groups in total. The van der Waals surface area contributed by atoms with Crippen LogP contribution in [0.25, 0.3) is 0 Å². The Kier molecular flexibility index (Phi) is 4.84. The highest BCUT2D eigenvalue weighted by atomic mass is 28.4. The standard InChI is InChI=1S/C18H30O2Si/c1-18(2,3)21(4,5)20-17-13-9-7-11-15(17)14-10-6-8-12-16(14)19/h7,9,11,13-14,16,19H,6,8,10,12H2,1-5H3/t14-,16+/m0/s1. The molecule has 0 amide bonds. The molecule has 0 spiro atoms. The smallest absolute Gasteiger partial charge is 0.250 e. The Hall–Kier alpha value is -0.803. The highest BCUT2D eigenvalue weighted by molar-refractivity contribution is 6.74. The molecule has 3 heteroatoms. The van der Waals surface area contributed by atoms with E-state index in [0.717, 1.165) is 25.0 Å². The fourth-order valence-corrected chi connectivity index (χ4v) is 3.82. The summed E-state index contributed by atoms with van der Waals surface area (Å²) in [5.41, 5.74) is 1.20. The molecule has 0 heterocycles. The number of aliphatic hydroxyl groups is 1. The van der Waals surface area contributed by atoms with Crippen LogP contribution in [0.2, 0.25) is 18.1 Å². The Bertz CT molecular complexity index is 476. The van der Waals surface area contributed by atoms with Crippen molar-refractivity contribution in [2.45, 2.75) is 76.6 Å². The van der Waals surface area contributed by atoms with Gasteiger partial charge in [-0.1, -0.05) is 51.8 Å². The van der Waals surface area contributed by atoms with Gasteiger partial charge in [0.1, 0.15) is 5.75 Å². The van der Waals surface area contributed by atoms with Gasteiger partial charge in [0.05, 0.1) is 6.10 Å². The van der Waals surface area contributed by atoms with Gasteiger partial charge >= 0.3 is 0 Å². The van der Waals surface area contributed by atoms with Gasteiger partial charge in [-0.25, -0.2) is 0 Å². The Labute approximate surface area is 130 Å². The third-order valence-electron chi connectivity index (χ3n) is 5.22. The molecule has 2 atom stereocenters. The van der Waals surface area contributed by atoms with Gasteiger partial charge in [0.2, 0.25) is 8.32 Å². The molecule has 1 aromatic carbocycles. The zero-order valence-electron chi connectivity index (χ0n) is 14.1. The van der Waals surface area contributed by atoms with Gasteiger partial charge in [-0.05, 0) is 42.6 Å². The van der Waals surface area contributed by atoms with E-state index in [1.165, 1.54) is 12.0 Å². The van der Waals surface area contributed by atoms with Crippen LogP contribution in [-0.4, -0.2) is 19.5 Å². The molecule has 21 heavy (non-hydrogen) atoms. The largest absolute Gasteiger partial charge is 0.543 e. The Morgan fingerprint density at radius 1 is 1.10 bits per heavy atom. The van der Waals surface area contributed by atoms with E-state index in [2.05, 4.69) is 52.1 Å². The van der Waals surface area contributed by atoms with E-state index in [4.69, 9.17) is 4.43 Å². The van der Waals surface area contributed by atoms with E-state index in [9.17, 15) is 5.11 Å². The summed E-state index contributed by atoms with van der Waals surface area (Å²) in [7, 11) is -1.84. The average molecular weight is 307 g/mol. The Balaban J connectivity index is 2.29. The van der Waals surface area contributed by atoms with Crippen LogP contribution in [0, 0.1) is 0 Å². The second-order valence-corrected chi connectivity index (χ2v) is 12.6. The molecule has 1 aliphatic carbocycles. The van der Waals surface area contributed by atoms with E-state index in [0.29, 0.717) is 0 Å². The van der Waals surface area contributed by atoms with Crippen LogP contribution < -0.4 is 4.43 Å². The second-order valence-electron chi connectivity index (χ2n) is 7.86. The maximum absolute atomic E-state index is 10.4. The monoisotopic (exact) mass is 306 g/mol. The molecule has 0 radical (unpaired) electrons. The van der Waals surface area contributed by atoms with Crippen molar-refractivity contribution in [3.05, 3.63) is 29.8 Å². The summed E-state index contributed by atoms with van der Waals surface area (Å²) in [5.74, 6) is 1.23. The first-order valence-corrected chi connectivity index (χ1v) is 11.1. The Morgan fingerprint density at radius 3 is 2.33 bits per heavy atom. The minimum Gasteiger partial charge on any atom is -0.543 e. The first-order valence-electron chi connectivity index (χ1n) is 8.18. The fourth-order valence-electron chi connectivity index (χ4n) is 2.78. The number of hydrogen-bond acceptors (Lipinski definition) is 2. The normalized spacial score (nSPS) is 23.9. The number of rotatable bonds is 3. The Morgan fingerprint density at radius 2 is 1.71 bits per heavy atom. The molecule has 0 unspecified atom stereocenters. The van der Waals surface area contributed by atoms with Crippen LogP contribution in [-0.2, 0) is 0 Å². The van der Waals surface area contributed by atoms with Crippen molar-refractivity contribution in [1.29, 1.82) is 0 Å². The van der Waals surface area contributed by atoms with Crippen LogP contribution in [0.1, 0.15) is 57.9 Å². The van der Waals surface area contributed by atoms with Crippen LogP contribution in [0.15, 0.2) is 24.3 Å². The molecule has 1 aromatic rings. The van der Waals surface area contributed by atoms with Gasteiger partial charge in [0.25, 0.3) is 0 Å². The summed E-state index contributed by atoms with van der Waals surface area (Å²) in [5, 5.41) is 10.5. The third-order valence-corrected chi connectivity index (χ3v) is 9.56. The molecule has 1 fully saturated rings. The van der Waals surface area contributed by atoms with Crippen molar-refractivity contribution >= 4 is 8.32 Å². The topological polar surface area (TPSA) is 29.5 Å².